The highest BCUT2D eigenvalue weighted by Gasteiger charge is 2.11. The molecule has 0 spiro atoms. The van der Waals surface area contributed by atoms with Gasteiger partial charge in [0.25, 0.3) is 0 Å². The zero-order valence-corrected chi connectivity index (χ0v) is 12.2. The molecule has 0 amide bonds. The van der Waals surface area contributed by atoms with Crippen LogP contribution in [0.4, 0.5) is 0 Å². The fourth-order valence-electron chi connectivity index (χ4n) is 1.57. The van der Waals surface area contributed by atoms with Crippen molar-refractivity contribution in [3.05, 3.63) is 45.2 Å². The number of nitrogens with one attached hydrogen (secondary N) is 1. The molecule has 0 saturated carbocycles. The van der Waals surface area contributed by atoms with Crippen LogP contribution in [0.2, 0.25) is 5.02 Å². The first-order valence-corrected chi connectivity index (χ1v) is 7.21. The lowest BCUT2D eigenvalue weighted by Gasteiger charge is -1.99. The number of nitrogens with zero attached hydrogens (tertiary/aromatic N) is 2. The van der Waals surface area contributed by atoms with Crippen molar-refractivity contribution in [3.63, 3.8) is 0 Å². The third kappa shape index (κ3) is 2.21. The predicted octanol–water partition coefficient (Wildman–Crippen LogP) is 4.62. The van der Waals surface area contributed by atoms with E-state index in [1.165, 1.54) is 0 Å². The molecule has 1 aromatic carbocycles. The summed E-state index contributed by atoms with van der Waals surface area (Å²) in [7, 11) is 0. The summed E-state index contributed by atoms with van der Waals surface area (Å²) in [6.45, 7) is 0. The van der Waals surface area contributed by atoms with Gasteiger partial charge in [-0.2, -0.15) is 5.10 Å². The van der Waals surface area contributed by atoms with Gasteiger partial charge in [-0.1, -0.05) is 33.6 Å². The van der Waals surface area contributed by atoms with Crippen LogP contribution in [0.15, 0.2) is 40.2 Å². The van der Waals surface area contributed by atoms with E-state index in [1.54, 1.807) is 11.3 Å². The van der Waals surface area contributed by atoms with Crippen LogP contribution in [0.25, 0.3) is 22.1 Å². The molecule has 0 aliphatic carbocycles. The SMILES string of the molecule is Clc1ccc(Br)cc1-c1n[nH]c(-c2cccs2)n1. The van der Waals surface area contributed by atoms with Crippen molar-refractivity contribution in [2.24, 2.45) is 0 Å². The van der Waals surface area contributed by atoms with Gasteiger partial charge in [0.05, 0.1) is 9.90 Å². The standard InChI is InChI=1S/C12H7BrClN3S/c13-7-3-4-9(14)8(6-7)11-15-12(17-16-11)10-2-1-5-18-10/h1-6H,(H,15,16,17). The molecule has 3 rings (SSSR count). The third-order valence-corrected chi connectivity index (χ3v) is 4.11. The molecule has 0 radical (unpaired) electrons. The Labute approximate surface area is 121 Å². The van der Waals surface area contributed by atoms with Crippen molar-refractivity contribution in [2.45, 2.75) is 0 Å². The van der Waals surface area contributed by atoms with Crippen LogP contribution < -0.4 is 0 Å². The van der Waals surface area contributed by atoms with Crippen LogP contribution in [0, 0.1) is 0 Å². The minimum absolute atomic E-state index is 0.602. The maximum atomic E-state index is 6.15. The lowest BCUT2D eigenvalue weighted by atomic mass is 10.2. The third-order valence-electron chi connectivity index (χ3n) is 2.41. The monoisotopic (exact) mass is 339 g/mol. The number of benzene rings is 1. The summed E-state index contributed by atoms with van der Waals surface area (Å²) in [5.41, 5.74) is 0.810. The van der Waals surface area contributed by atoms with Gasteiger partial charge in [0.15, 0.2) is 11.6 Å². The Kier molecular flexibility index (Phi) is 3.20. The number of H-pyrrole nitrogens is 1. The summed E-state index contributed by atoms with van der Waals surface area (Å²) in [6.07, 6.45) is 0. The molecule has 2 heterocycles. The summed E-state index contributed by atoms with van der Waals surface area (Å²) < 4.78 is 0.948. The van der Waals surface area contributed by atoms with E-state index < -0.39 is 0 Å². The van der Waals surface area contributed by atoms with Gasteiger partial charge in [-0.05, 0) is 29.6 Å². The second kappa shape index (κ2) is 4.84. The normalized spacial score (nSPS) is 10.8. The van der Waals surface area contributed by atoms with Crippen molar-refractivity contribution < 1.29 is 0 Å². The molecule has 0 fully saturated rings. The number of rotatable bonds is 2. The molecule has 0 saturated heterocycles. The lowest BCUT2D eigenvalue weighted by Crippen LogP contribution is -1.82. The van der Waals surface area contributed by atoms with E-state index >= 15 is 0 Å². The van der Waals surface area contributed by atoms with Crippen molar-refractivity contribution in [1.29, 1.82) is 0 Å². The fraction of sp³-hybridized carbons (Fsp3) is 0. The summed E-state index contributed by atoms with van der Waals surface area (Å²) >= 11 is 11.2. The van der Waals surface area contributed by atoms with Crippen LogP contribution in [0.3, 0.4) is 0 Å². The maximum Gasteiger partial charge on any atom is 0.183 e. The largest absolute Gasteiger partial charge is 0.258 e. The van der Waals surface area contributed by atoms with Gasteiger partial charge >= 0.3 is 0 Å². The number of thiophene rings is 1. The second-order valence-electron chi connectivity index (χ2n) is 3.61. The number of hydrogen-bond donors (Lipinski definition) is 1. The first-order chi connectivity index (χ1) is 8.74. The highest BCUT2D eigenvalue weighted by molar-refractivity contribution is 9.10. The van der Waals surface area contributed by atoms with E-state index in [4.69, 9.17) is 11.6 Å². The van der Waals surface area contributed by atoms with Gasteiger partial charge in [0.1, 0.15) is 0 Å². The predicted molar refractivity (Wildman–Crippen MR) is 77.8 cm³/mol. The zero-order valence-electron chi connectivity index (χ0n) is 9.02. The van der Waals surface area contributed by atoms with Crippen LogP contribution in [0.5, 0.6) is 0 Å². The van der Waals surface area contributed by atoms with Gasteiger partial charge in [-0.25, -0.2) is 4.98 Å². The maximum absolute atomic E-state index is 6.15. The first-order valence-electron chi connectivity index (χ1n) is 5.16. The number of halogens is 2. The molecular formula is C12H7BrClN3S. The van der Waals surface area contributed by atoms with Gasteiger partial charge in [-0.3, -0.25) is 5.10 Å². The van der Waals surface area contributed by atoms with E-state index in [-0.39, 0.29) is 0 Å². The van der Waals surface area contributed by atoms with Gasteiger partial charge in [0, 0.05) is 10.0 Å². The second-order valence-corrected chi connectivity index (χ2v) is 5.88. The van der Waals surface area contributed by atoms with E-state index in [0.29, 0.717) is 10.8 Å². The Balaban J connectivity index is 2.05. The van der Waals surface area contributed by atoms with Crippen LogP contribution >= 0.6 is 38.9 Å². The van der Waals surface area contributed by atoms with Crippen LogP contribution in [-0.4, -0.2) is 15.2 Å². The van der Waals surface area contributed by atoms with E-state index in [9.17, 15) is 0 Å². The number of hydrogen-bond acceptors (Lipinski definition) is 3. The highest BCUT2D eigenvalue weighted by Crippen LogP contribution is 2.30. The Hall–Kier alpha value is -1.17. The van der Waals surface area contributed by atoms with Crippen LogP contribution in [-0.2, 0) is 0 Å². The quantitative estimate of drug-likeness (QED) is 0.740. The highest BCUT2D eigenvalue weighted by atomic mass is 79.9. The molecule has 1 N–H and O–H groups in total. The molecule has 3 nitrogen and oxygen atoms in total. The van der Waals surface area contributed by atoms with Gasteiger partial charge in [-0.15, -0.1) is 11.3 Å². The topological polar surface area (TPSA) is 41.6 Å². The van der Waals surface area contributed by atoms with Crippen molar-refractivity contribution in [3.8, 4) is 22.1 Å². The molecule has 18 heavy (non-hydrogen) atoms. The minimum Gasteiger partial charge on any atom is -0.258 e. The molecule has 0 atom stereocenters. The number of aromatic nitrogens is 3. The van der Waals surface area contributed by atoms with Crippen LogP contribution in [0.1, 0.15) is 0 Å². The summed E-state index contributed by atoms with van der Waals surface area (Å²) in [4.78, 5) is 5.52. The average molecular weight is 341 g/mol. The van der Waals surface area contributed by atoms with E-state index in [2.05, 4.69) is 31.1 Å². The van der Waals surface area contributed by atoms with E-state index in [1.807, 2.05) is 35.7 Å². The molecular weight excluding hydrogens is 334 g/mol. The van der Waals surface area contributed by atoms with Crippen molar-refractivity contribution in [2.75, 3.05) is 0 Å². The average Bonchev–Trinajstić information content (AvgIpc) is 3.00. The van der Waals surface area contributed by atoms with Crippen molar-refractivity contribution >= 4 is 38.9 Å². The Morgan fingerprint density at radius 1 is 1.28 bits per heavy atom. The Morgan fingerprint density at radius 3 is 2.94 bits per heavy atom. The Bertz CT molecular complexity index is 678. The molecule has 90 valence electrons. The molecule has 6 heteroatoms. The molecule has 0 unspecified atom stereocenters. The lowest BCUT2D eigenvalue weighted by molar-refractivity contribution is 1.10. The van der Waals surface area contributed by atoms with Gasteiger partial charge in [0.2, 0.25) is 0 Å². The smallest absolute Gasteiger partial charge is 0.183 e. The molecule has 0 bridgehead atoms. The fourth-order valence-corrected chi connectivity index (χ4v) is 2.80. The Morgan fingerprint density at radius 2 is 2.17 bits per heavy atom. The van der Waals surface area contributed by atoms with Gasteiger partial charge < -0.3 is 0 Å². The number of aromatic amines is 1. The van der Waals surface area contributed by atoms with Crippen molar-refractivity contribution in [1.82, 2.24) is 15.2 Å². The summed E-state index contributed by atoms with van der Waals surface area (Å²) in [5, 5.41) is 9.78. The first kappa shape index (κ1) is 11.9. The summed E-state index contributed by atoms with van der Waals surface area (Å²) in [5.74, 6) is 1.36. The molecule has 0 aliphatic heterocycles. The zero-order chi connectivity index (χ0) is 12.5. The van der Waals surface area contributed by atoms with E-state index in [0.717, 1.165) is 20.7 Å². The molecule has 2 aromatic heterocycles. The minimum atomic E-state index is 0.602. The summed E-state index contributed by atoms with van der Waals surface area (Å²) in [6, 6.07) is 9.59. The molecule has 3 aromatic rings. The molecule has 0 aliphatic rings.